The Balaban J connectivity index is 1.61. The van der Waals surface area contributed by atoms with Crippen molar-refractivity contribution in [2.75, 3.05) is 32.8 Å². The second kappa shape index (κ2) is 7.66. The SMILES string of the molecule is CC1(C)C[C@@](CCNC(=O)CN2CCOC2=O)(c2ccccc2)CCO1. The molecule has 2 saturated heterocycles. The zero-order chi connectivity index (χ0) is 18.6. The molecular weight excluding hydrogens is 332 g/mol. The molecule has 3 rings (SSSR count). The van der Waals surface area contributed by atoms with E-state index in [1.54, 1.807) is 0 Å². The largest absolute Gasteiger partial charge is 0.448 e. The summed E-state index contributed by atoms with van der Waals surface area (Å²) >= 11 is 0. The smallest absolute Gasteiger partial charge is 0.410 e. The van der Waals surface area contributed by atoms with Crippen LogP contribution in [0.25, 0.3) is 0 Å². The highest BCUT2D eigenvalue weighted by atomic mass is 16.6. The Morgan fingerprint density at radius 3 is 2.65 bits per heavy atom. The molecule has 0 aromatic heterocycles. The molecule has 142 valence electrons. The van der Waals surface area contributed by atoms with Crippen LogP contribution in [0.4, 0.5) is 4.79 Å². The normalized spacial score (nSPS) is 25.0. The van der Waals surface area contributed by atoms with Crippen LogP contribution in [0.3, 0.4) is 0 Å². The minimum absolute atomic E-state index is 0.0110. The lowest BCUT2D eigenvalue weighted by atomic mass is 9.67. The second-order valence-electron chi connectivity index (χ2n) is 7.82. The van der Waals surface area contributed by atoms with E-state index in [0.29, 0.717) is 19.7 Å². The summed E-state index contributed by atoms with van der Waals surface area (Å²) in [6, 6.07) is 10.5. The van der Waals surface area contributed by atoms with Crippen molar-refractivity contribution in [2.24, 2.45) is 0 Å². The number of cyclic esters (lactones) is 1. The lowest BCUT2D eigenvalue weighted by Gasteiger charge is -2.45. The Labute approximate surface area is 154 Å². The van der Waals surface area contributed by atoms with Crippen LogP contribution in [-0.4, -0.2) is 55.3 Å². The topological polar surface area (TPSA) is 67.9 Å². The predicted octanol–water partition coefficient (Wildman–Crippen LogP) is 2.47. The molecule has 0 radical (unpaired) electrons. The standard InChI is InChI=1S/C20H28N2O4/c1-19(2)15-20(9-12-26-19,16-6-4-3-5-7-16)8-10-21-17(23)14-22-11-13-25-18(22)24/h3-7H,8-15H2,1-2H3,(H,21,23)/t20-/m0/s1. The van der Waals surface area contributed by atoms with Crippen LogP contribution >= 0.6 is 0 Å². The van der Waals surface area contributed by atoms with E-state index >= 15 is 0 Å². The van der Waals surface area contributed by atoms with Crippen molar-refractivity contribution in [3.05, 3.63) is 35.9 Å². The fourth-order valence-electron chi connectivity index (χ4n) is 4.11. The van der Waals surface area contributed by atoms with Gasteiger partial charge in [-0.05, 0) is 38.7 Å². The number of nitrogens with one attached hydrogen (secondary N) is 1. The molecule has 6 nitrogen and oxygen atoms in total. The van der Waals surface area contributed by atoms with Gasteiger partial charge >= 0.3 is 6.09 Å². The van der Waals surface area contributed by atoms with Gasteiger partial charge in [-0.15, -0.1) is 0 Å². The number of amides is 2. The van der Waals surface area contributed by atoms with Crippen LogP contribution < -0.4 is 5.32 Å². The summed E-state index contributed by atoms with van der Waals surface area (Å²) < 4.78 is 10.8. The molecule has 0 aliphatic carbocycles. The van der Waals surface area contributed by atoms with E-state index in [1.165, 1.54) is 10.5 Å². The first-order valence-corrected chi connectivity index (χ1v) is 9.28. The van der Waals surface area contributed by atoms with Gasteiger partial charge in [0.2, 0.25) is 5.91 Å². The van der Waals surface area contributed by atoms with Crippen LogP contribution in [0.15, 0.2) is 30.3 Å². The fourth-order valence-corrected chi connectivity index (χ4v) is 4.11. The summed E-state index contributed by atoms with van der Waals surface area (Å²) in [6.45, 7) is 6.45. The van der Waals surface area contributed by atoms with Crippen LogP contribution in [0.1, 0.15) is 38.7 Å². The first-order valence-electron chi connectivity index (χ1n) is 9.28. The maximum atomic E-state index is 12.2. The van der Waals surface area contributed by atoms with E-state index in [-0.39, 0.29) is 23.5 Å². The van der Waals surface area contributed by atoms with E-state index in [0.717, 1.165) is 25.9 Å². The minimum atomic E-state index is -0.410. The summed E-state index contributed by atoms with van der Waals surface area (Å²) in [5.74, 6) is -0.140. The molecule has 2 aliphatic heterocycles. The Morgan fingerprint density at radius 1 is 1.23 bits per heavy atom. The van der Waals surface area contributed by atoms with Crippen molar-refractivity contribution in [1.29, 1.82) is 0 Å². The van der Waals surface area contributed by atoms with E-state index in [1.807, 2.05) is 6.07 Å². The van der Waals surface area contributed by atoms with Crippen LogP contribution in [-0.2, 0) is 19.7 Å². The molecule has 1 aromatic rings. The van der Waals surface area contributed by atoms with Gasteiger partial charge in [0.05, 0.1) is 12.1 Å². The van der Waals surface area contributed by atoms with E-state index in [2.05, 4.69) is 43.4 Å². The second-order valence-corrected chi connectivity index (χ2v) is 7.82. The number of carbonyl (C=O) groups excluding carboxylic acids is 2. The van der Waals surface area contributed by atoms with Gasteiger partial charge in [-0.1, -0.05) is 30.3 Å². The summed E-state index contributed by atoms with van der Waals surface area (Å²) in [4.78, 5) is 25.0. The average Bonchev–Trinajstić information content (AvgIpc) is 2.99. The molecule has 0 unspecified atom stereocenters. The Morgan fingerprint density at radius 2 is 2.00 bits per heavy atom. The Bertz CT molecular complexity index is 646. The summed E-state index contributed by atoms with van der Waals surface area (Å²) in [6.07, 6.45) is 2.29. The van der Waals surface area contributed by atoms with E-state index in [9.17, 15) is 9.59 Å². The molecule has 2 heterocycles. The highest BCUT2D eigenvalue weighted by Crippen LogP contribution is 2.43. The minimum Gasteiger partial charge on any atom is -0.448 e. The summed E-state index contributed by atoms with van der Waals surface area (Å²) in [7, 11) is 0. The lowest BCUT2D eigenvalue weighted by Crippen LogP contribution is -2.46. The molecule has 1 aromatic carbocycles. The predicted molar refractivity (Wildman–Crippen MR) is 97.9 cm³/mol. The number of rotatable bonds is 6. The van der Waals surface area contributed by atoms with Crippen LogP contribution in [0, 0.1) is 0 Å². The van der Waals surface area contributed by atoms with E-state index < -0.39 is 6.09 Å². The van der Waals surface area contributed by atoms with Crippen molar-refractivity contribution in [3.8, 4) is 0 Å². The molecule has 26 heavy (non-hydrogen) atoms. The number of hydrogen-bond acceptors (Lipinski definition) is 4. The number of nitrogens with zero attached hydrogens (tertiary/aromatic N) is 1. The Hall–Kier alpha value is -2.08. The molecule has 6 heteroatoms. The number of ether oxygens (including phenoxy) is 2. The van der Waals surface area contributed by atoms with Crippen LogP contribution in [0.5, 0.6) is 0 Å². The third-order valence-corrected chi connectivity index (χ3v) is 5.33. The van der Waals surface area contributed by atoms with Gasteiger partial charge in [0.25, 0.3) is 0 Å². The maximum absolute atomic E-state index is 12.2. The van der Waals surface area contributed by atoms with Crippen molar-refractivity contribution in [3.63, 3.8) is 0 Å². The monoisotopic (exact) mass is 360 g/mol. The molecule has 1 N–H and O–H groups in total. The highest BCUT2D eigenvalue weighted by Gasteiger charge is 2.41. The lowest BCUT2D eigenvalue weighted by molar-refractivity contribution is -0.121. The molecule has 2 aliphatic rings. The zero-order valence-corrected chi connectivity index (χ0v) is 15.6. The Kier molecular flexibility index (Phi) is 5.51. The first-order chi connectivity index (χ1) is 12.4. The van der Waals surface area contributed by atoms with E-state index in [4.69, 9.17) is 9.47 Å². The molecule has 0 spiro atoms. The quantitative estimate of drug-likeness (QED) is 0.846. The van der Waals surface area contributed by atoms with Crippen molar-refractivity contribution in [1.82, 2.24) is 10.2 Å². The van der Waals surface area contributed by atoms with Gasteiger partial charge in [-0.25, -0.2) is 4.79 Å². The van der Waals surface area contributed by atoms with Crippen molar-refractivity contribution < 1.29 is 19.1 Å². The van der Waals surface area contributed by atoms with Crippen LogP contribution in [0.2, 0.25) is 0 Å². The highest BCUT2D eigenvalue weighted by molar-refractivity contribution is 5.82. The molecule has 0 saturated carbocycles. The van der Waals surface area contributed by atoms with Gasteiger partial charge in [0.1, 0.15) is 13.2 Å². The molecule has 2 fully saturated rings. The first kappa shape index (κ1) is 18.7. The number of carbonyl (C=O) groups is 2. The number of hydrogen-bond donors (Lipinski definition) is 1. The fraction of sp³-hybridized carbons (Fsp3) is 0.600. The average molecular weight is 360 g/mol. The van der Waals surface area contributed by atoms with Gasteiger partial charge in [-0.3, -0.25) is 9.69 Å². The van der Waals surface area contributed by atoms with Gasteiger partial charge in [0, 0.05) is 18.6 Å². The zero-order valence-electron chi connectivity index (χ0n) is 15.6. The van der Waals surface area contributed by atoms with Crippen molar-refractivity contribution >= 4 is 12.0 Å². The third-order valence-electron chi connectivity index (χ3n) is 5.33. The molecule has 1 atom stereocenters. The maximum Gasteiger partial charge on any atom is 0.410 e. The molecule has 0 bridgehead atoms. The van der Waals surface area contributed by atoms with Crippen molar-refractivity contribution in [2.45, 2.75) is 44.1 Å². The third kappa shape index (κ3) is 4.36. The molecule has 2 amide bonds. The number of benzene rings is 1. The molecular formula is C20H28N2O4. The van der Waals surface area contributed by atoms with Gasteiger partial charge in [0.15, 0.2) is 0 Å². The van der Waals surface area contributed by atoms with Gasteiger partial charge in [-0.2, -0.15) is 0 Å². The summed E-state index contributed by atoms with van der Waals surface area (Å²) in [5.41, 5.74) is 1.11. The van der Waals surface area contributed by atoms with Gasteiger partial charge < -0.3 is 14.8 Å². The summed E-state index contributed by atoms with van der Waals surface area (Å²) in [5, 5.41) is 2.97.